The van der Waals surface area contributed by atoms with Gasteiger partial charge < -0.3 is 34.5 Å². The molecule has 2 aliphatic heterocycles. The van der Waals surface area contributed by atoms with Crippen LogP contribution in [-0.4, -0.2) is 79.7 Å². The number of aliphatic hydroxyl groups excluding tert-OH is 1. The van der Waals surface area contributed by atoms with Crippen molar-refractivity contribution in [1.82, 2.24) is 23.9 Å². The average Bonchev–Trinajstić information content (AvgIpc) is 3.50. The second-order valence-electron chi connectivity index (χ2n) is 15.4. The van der Waals surface area contributed by atoms with Gasteiger partial charge in [0.25, 0.3) is 11.8 Å². The number of aliphatic hydroxyl groups is 1. The number of nitrogens with two attached hydrogens (primary N) is 1. The van der Waals surface area contributed by atoms with Gasteiger partial charge in [0.05, 0.1) is 36.1 Å². The van der Waals surface area contributed by atoms with Gasteiger partial charge in [-0.05, 0) is 98.5 Å². The van der Waals surface area contributed by atoms with Crippen LogP contribution in [0.4, 0.5) is 0 Å². The molecule has 4 atom stereocenters. The van der Waals surface area contributed by atoms with Crippen LogP contribution >= 0.6 is 0 Å². The summed E-state index contributed by atoms with van der Waals surface area (Å²) in [6.07, 6.45) is 3.77. The third kappa shape index (κ3) is 5.44. The average molecular weight is 698 g/mol. The van der Waals surface area contributed by atoms with E-state index < -0.39 is 6.10 Å². The first-order valence-electron chi connectivity index (χ1n) is 18.5. The molecule has 3 N–H and O–H groups in total. The molecule has 11 nitrogen and oxygen atoms in total. The number of hydrogen-bond acceptors (Lipinski definition) is 7. The Morgan fingerprint density at radius 2 is 1.71 bits per heavy atom. The van der Waals surface area contributed by atoms with Crippen LogP contribution in [0.3, 0.4) is 0 Å². The predicted octanol–water partition coefficient (Wildman–Crippen LogP) is 5.34. The van der Waals surface area contributed by atoms with E-state index >= 15 is 0 Å². The summed E-state index contributed by atoms with van der Waals surface area (Å²) in [7, 11) is 1.64. The lowest BCUT2D eigenvalue weighted by molar-refractivity contribution is 0.0471. The molecule has 9 rings (SSSR count). The number of imidazole rings is 1. The van der Waals surface area contributed by atoms with Gasteiger partial charge >= 0.3 is 0 Å². The first-order chi connectivity index (χ1) is 25.2. The van der Waals surface area contributed by atoms with Crippen LogP contribution in [0, 0.1) is 29.1 Å². The van der Waals surface area contributed by atoms with E-state index in [1.807, 2.05) is 28.0 Å². The van der Waals surface area contributed by atoms with Crippen LogP contribution in [0.5, 0.6) is 5.75 Å². The fraction of sp³-hybridized carbons (Fsp3) is 0.415. The lowest BCUT2D eigenvalue weighted by atomic mass is 9.98. The SMILES string of the molecule is COc1cc(C(=O)N2CC3CCC2[C@@H]3N)cc2nc(-c3cc4ccc(C(C)O)cc4n3CC3CC3)n(CC3CN(C(=O)c4ccc(C#N)cc4)C3)c12. The van der Waals surface area contributed by atoms with E-state index in [1.165, 1.54) is 12.8 Å². The Hall–Kier alpha value is -5.18. The van der Waals surface area contributed by atoms with Crippen molar-refractivity contribution >= 4 is 33.8 Å². The van der Waals surface area contributed by atoms with Crippen LogP contribution in [-0.2, 0) is 13.1 Å². The molecule has 3 unspecified atom stereocenters. The third-order valence-corrected chi connectivity index (χ3v) is 11.9. The Labute approximate surface area is 302 Å². The molecule has 2 amide bonds. The van der Waals surface area contributed by atoms with Gasteiger partial charge in [-0.25, -0.2) is 4.98 Å². The number of fused-ring (bicyclic) bond motifs is 4. The molecule has 4 heterocycles. The number of ether oxygens (including phenoxy) is 1. The minimum Gasteiger partial charge on any atom is -0.494 e. The van der Waals surface area contributed by atoms with Crippen molar-refractivity contribution < 1.29 is 19.4 Å². The molecule has 5 aromatic rings. The first-order valence-corrected chi connectivity index (χ1v) is 18.5. The van der Waals surface area contributed by atoms with Crippen molar-refractivity contribution in [2.45, 2.75) is 63.9 Å². The highest BCUT2D eigenvalue weighted by atomic mass is 16.5. The summed E-state index contributed by atoms with van der Waals surface area (Å²) in [5.74, 6) is 2.37. The quantitative estimate of drug-likeness (QED) is 0.212. The van der Waals surface area contributed by atoms with Gasteiger partial charge in [-0.1, -0.05) is 12.1 Å². The fourth-order valence-corrected chi connectivity index (χ4v) is 8.78. The Morgan fingerprint density at radius 3 is 2.37 bits per heavy atom. The van der Waals surface area contributed by atoms with E-state index in [1.54, 1.807) is 38.3 Å². The molecule has 2 bridgehead atoms. The van der Waals surface area contributed by atoms with Crippen molar-refractivity contribution in [1.29, 1.82) is 5.26 Å². The number of nitrogens with zero attached hydrogens (tertiary/aromatic N) is 6. The molecular weight excluding hydrogens is 654 g/mol. The summed E-state index contributed by atoms with van der Waals surface area (Å²) in [4.78, 5) is 36.4. The van der Waals surface area contributed by atoms with E-state index in [9.17, 15) is 20.0 Å². The second-order valence-corrected chi connectivity index (χ2v) is 15.4. The molecular formula is C41H43N7O4. The van der Waals surface area contributed by atoms with Crippen molar-refractivity contribution in [2.75, 3.05) is 26.7 Å². The molecule has 4 aliphatic rings. The second kappa shape index (κ2) is 12.5. The lowest BCUT2D eigenvalue weighted by Crippen LogP contribution is -2.51. The van der Waals surface area contributed by atoms with Gasteiger partial charge in [0.2, 0.25) is 0 Å². The maximum absolute atomic E-state index is 14.0. The highest BCUT2D eigenvalue weighted by Gasteiger charge is 2.47. The van der Waals surface area contributed by atoms with E-state index in [2.05, 4.69) is 33.4 Å². The summed E-state index contributed by atoms with van der Waals surface area (Å²) in [5.41, 5.74) is 12.5. The van der Waals surface area contributed by atoms with E-state index in [0.717, 1.165) is 52.9 Å². The van der Waals surface area contributed by atoms with Crippen LogP contribution in [0.1, 0.15) is 70.6 Å². The van der Waals surface area contributed by atoms with Crippen molar-refractivity contribution in [3.63, 3.8) is 0 Å². The van der Waals surface area contributed by atoms with Crippen LogP contribution < -0.4 is 10.5 Å². The first kappa shape index (κ1) is 32.7. The van der Waals surface area contributed by atoms with Gasteiger partial charge in [-0.2, -0.15) is 5.26 Å². The zero-order valence-corrected chi connectivity index (χ0v) is 29.5. The van der Waals surface area contributed by atoms with Gasteiger partial charge in [0.1, 0.15) is 11.3 Å². The number of piperidine rings is 1. The van der Waals surface area contributed by atoms with E-state index in [-0.39, 0.29) is 29.8 Å². The summed E-state index contributed by atoms with van der Waals surface area (Å²) in [5, 5.41) is 20.7. The summed E-state index contributed by atoms with van der Waals surface area (Å²) < 4.78 is 10.6. The van der Waals surface area contributed by atoms with E-state index in [4.69, 9.17) is 15.5 Å². The number of nitriles is 1. The Kier molecular flexibility index (Phi) is 7.86. The molecule has 2 saturated heterocycles. The van der Waals surface area contributed by atoms with Crippen molar-refractivity contribution in [2.24, 2.45) is 23.5 Å². The van der Waals surface area contributed by atoms with Gasteiger partial charge in [-0.15, -0.1) is 0 Å². The Bertz CT molecular complexity index is 2270. The number of methoxy groups -OCH3 is 1. The van der Waals surface area contributed by atoms with Crippen molar-refractivity contribution in [3.8, 4) is 23.3 Å². The number of hydrogen-bond donors (Lipinski definition) is 2. The van der Waals surface area contributed by atoms with Crippen LogP contribution in [0.2, 0.25) is 0 Å². The molecule has 52 heavy (non-hydrogen) atoms. The number of aromatic nitrogens is 3. The van der Waals surface area contributed by atoms with Gasteiger partial charge in [0, 0.05) is 72.8 Å². The largest absolute Gasteiger partial charge is 0.494 e. The molecule has 2 aromatic heterocycles. The molecule has 4 fully saturated rings. The summed E-state index contributed by atoms with van der Waals surface area (Å²) in [6.45, 7) is 5.08. The standard InChI is InChI=1S/C41H43N7O4/c1-23(49)28-9-10-29-15-35(46(34(29)14-28)20-25-3-4-25)39-44-32-13-31(41(51)47-22-30-11-12-33(47)37(30)43)16-36(52-2)38(32)48(39)21-26-18-45(19-26)40(50)27-7-5-24(17-42)6-8-27/h5-10,13-16,23,25-26,30,33,37,49H,3-4,11-12,18-22,43H2,1-2H3/t23?,30?,33?,37-/m1/s1. The molecule has 3 aromatic carbocycles. The summed E-state index contributed by atoms with van der Waals surface area (Å²) >= 11 is 0. The normalized spacial score (nSPS) is 21.9. The number of benzene rings is 3. The van der Waals surface area contributed by atoms with Gasteiger partial charge in [0.15, 0.2) is 5.82 Å². The number of amides is 2. The topological polar surface area (TPSA) is 143 Å². The number of carbonyl (C=O) groups is 2. The maximum atomic E-state index is 14.0. The molecule has 0 spiro atoms. The number of carbonyl (C=O) groups excluding carboxylic acids is 2. The molecule has 266 valence electrons. The monoisotopic (exact) mass is 697 g/mol. The van der Waals surface area contributed by atoms with E-state index in [0.29, 0.717) is 66.0 Å². The minimum atomic E-state index is -0.587. The van der Waals surface area contributed by atoms with Crippen LogP contribution in [0.15, 0.2) is 60.7 Å². The Morgan fingerprint density at radius 1 is 0.942 bits per heavy atom. The molecule has 2 saturated carbocycles. The van der Waals surface area contributed by atoms with Gasteiger partial charge in [-0.3, -0.25) is 9.59 Å². The minimum absolute atomic E-state index is 0.0222. The molecule has 2 aliphatic carbocycles. The third-order valence-electron chi connectivity index (χ3n) is 11.9. The smallest absolute Gasteiger partial charge is 0.254 e. The zero-order chi connectivity index (χ0) is 35.8. The Balaban J connectivity index is 1.12. The van der Waals surface area contributed by atoms with Crippen LogP contribution in [0.25, 0.3) is 33.5 Å². The number of rotatable bonds is 9. The zero-order valence-electron chi connectivity index (χ0n) is 29.5. The fourth-order valence-electron chi connectivity index (χ4n) is 8.78. The molecule has 11 heteroatoms. The predicted molar refractivity (Wildman–Crippen MR) is 197 cm³/mol. The number of likely N-dealkylation sites (tertiary alicyclic amines) is 2. The van der Waals surface area contributed by atoms with Crippen molar-refractivity contribution in [3.05, 3.63) is 82.9 Å². The maximum Gasteiger partial charge on any atom is 0.254 e. The summed E-state index contributed by atoms with van der Waals surface area (Å²) in [6, 6.07) is 21.0. The highest BCUT2D eigenvalue weighted by molar-refractivity contribution is 6.01. The molecule has 0 radical (unpaired) electrons. The highest BCUT2D eigenvalue weighted by Crippen LogP contribution is 2.41. The lowest BCUT2D eigenvalue weighted by Gasteiger charge is -2.40.